The van der Waals surface area contributed by atoms with E-state index in [4.69, 9.17) is 5.73 Å². The Kier molecular flexibility index (Phi) is 3.57. The zero-order valence-electron chi connectivity index (χ0n) is 10.2. The standard InChI is InChI=1S/C14H14BrFN2/c1-9-3-5-10(6-4-9)18(2)14-8-12(16)11(15)7-13(14)17/h3-8H,17H2,1-2H3. The van der Waals surface area contributed by atoms with Gasteiger partial charge in [-0.25, -0.2) is 4.39 Å². The van der Waals surface area contributed by atoms with E-state index >= 15 is 0 Å². The van der Waals surface area contributed by atoms with Crippen molar-refractivity contribution in [3.63, 3.8) is 0 Å². The van der Waals surface area contributed by atoms with E-state index in [1.54, 1.807) is 6.07 Å². The summed E-state index contributed by atoms with van der Waals surface area (Å²) in [7, 11) is 1.86. The fourth-order valence-electron chi connectivity index (χ4n) is 1.75. The smallest absolute Gasteiger partial charge is 0.139 e. The molecule has 0 unspecified atom stereocenters. The minimum atomic E-state index is -0.321. The maximum absolute atomic E-state index is 13.6. The molecule has 2 aromatic carbocycles. The maximum Gasteiger partial charge on any atom is 0.139 e. The van der Waals surface area contributed by atoms with E-state index in [1.807, 2.05) is 43.1 Å². The first-order valence-corrected chi connectivity index (χ1v) is 6.33. The number of nitrogen functional groups attached to an aromatic ring is 1. The van der Waals surface area contributed by atoms with Crippen LogP contribution < -0.4 is 10.6 Å². The highest BCUT2D eigenvalue weighted by atomic mass is 79.9. The number of halogens is 2. The summed E-state index contributed by atoms with van der Waals surface area (Å²) in [4.78, 5) is 1.87. The Morgan fingerprint density at radius 3 is 2.39 bits per heavy atom. The summed E-state index contributed by atoms with van der Waals surface area (Å²) >= 11 is 3.12. The Bertz CT molecular complexity index is 567. The van der Waals surface area contributed by atoms with Crippen molar-refractivity contribution in [1.82, 2.24) is 0 Å². The third kappa shape index (κ3) is 2.48. The molecule has 0 atom stereocenters. The lowest BCUT2D eigenvalue weighted by Gasteiger charge is -2.21. The molecule has 2 N–H and O–H groups in total. The topological polar surface area (TPSA) is 29.3 Å². The molecule has 2 aromatic rings. The first-order chi connectivity index (χ1) is 8.49. The molecule has 0 aliphatic carbocycles. The molecule has 0 spiro atoms. The lowest BCUT2D eigenvalue weighted by atomic mass is 10.2. The molecule has 0 aliphatic heterocycles. The van der Waals surface area contributed by atoms with E-state index in [2.05, 4.69) is 15.9 Å². The molecule has 18 heavy (non-hydrogen) atoms. The van der Waals surface area contributed by atoms with Crippen LogP contribution in [-0.4, -0.2) is 7.05 Å². The van der Waals surface area contributed by atoms with E-state index in [-0.39, 0.29) is 5.82 Å². The molecular formula is C14H14BrFN2. The largest absolute Gasteiger partial charge is 0.397 e. The summed E-state index contributed by atoms with van der Waals surface area (Å²) < 4.78 is 13.9. The third-order valence-corrected chi connectivity index (χ3v) is 3.46. The second-order valence-electron chi connectivity index (χ2n) is 4.22. The summed E-state index contributed by atoms with van der Waals surface area (Å²) in [5.74, 6) is -0.321. The maximum atomic E-state index is 13.6. The predicted molar refractivity (Wildman–Crippen MR) is 77.8 cm³/mol. The van der Waals surface area contributed by atoms with Gasteiger partial charge in [0, 0.05) is 18.8 Å². The van der Waals surface area contributed by atoms with Crippen molar-refractivity contribution in [3.8, 4) is 0 Å². The number of benzene rings is 2. The van der Waals surface area contributed by atoms with Crippen LogP contribution in [0.3, 0.4) is 0 Å². The molecule has 0 saturated carbocycles. The molecule has 0 saturated heterocycles. The summed E-state index contributed by atoms with van der Waals surface area (Å²) in [5.41, 5.74) is 9.26. The van der Waals surface area contributed by atoms with Crippen molar-refractivity contribution in [1.29, 1.82) is 0 Å². The lowest BCUT2D eigenvalue weighted by Crippen LogP contribution is -2.12. The van der Waals surface area contributed by atoms with Gasteiger partial charge in [-0.2, -0.15) is 0 Å². The molecule has 0 radical (unpaired) electrons. The number of nitrogens with two attached hydrogens (primary N) is 1. The molecule has 4 heteroatoms. The molecule has 0 aliphatic rings. The Morgan fingerprint density at radius 2 is 1.78 bits per heavy atom. The number of hydrogen-bond donors (Lipinski definition) is 1. The minimum absolute atomic E-state index is 0.321. The number of aryl methyl sites for hydroxylation is 1. The van der Waals surface area contributed by atoms with Gasteiger partial charge in [0.25, 0.3) is 0 Å². The molecule has 2 nitrogen and oxygen atoms in total. The van der Waals surface area contributed by atoms with Gasteiger partial charge in [0.2, 0.25) is 0 Å². The van der Waals surface area contributed by atoms with Gasteiger partial charge in [-0.15, -0.1) is 0 Å². The van der Waals surface area contributed by atoms with Crippen molar-refractivity contribution in [2.45, 2.75) is 6.92 Å². The molecule has 0 aromatic heterocycles. The molecule has 94 valence electrons. The normalized spacial score (nSPS) is 10.4. The third-order valence-electron chi connectivity index (χ3n) is 2.85. The summed E-state index contributed by atoms with van der Waals surface area (Å²) in [6, 6.07) is 11.0. The van der Waals surface area contributed by atoms with Crippen molar-refractivity contribution >= 4 is 33.0 Å². The van der Waals surface area contributed by atoms with Gasteiger partial charge in [-0.05, 0) is 41.1 Å². The number of hydrogen-bond acceptors (Lipinski definition) is 2. The van der Waals surface area contributed by atoms with E-state index < -0.39 is 0 Å². The van der Waals surface area contributed by atoms with Crippen LogP contribution >= 0.6 is 15.9 Å². The minimum Gasteiger partial charge on any atom is -0.397 e. The molecule has 0 bridgehead atoms. The van der Waals surface area contributed by atoms with Crippen molar-refractivity contribution in [2.24, 2.45) is 0 Å². The molecular weight excluding hydrogens is 295 g/mol. The molecule has 2 rings (SSSR count). The fraction of sp³-hybridized carbons (Fsp3) is 0.143. The van der Waals surface area contributed by atoms with E-state index in [0.29, 0.717) is 15.8 Å². The van der Waals surface area contributed by atoms with Gasteiger partial charge in [-0.1, -0.05) is 17.7 Å². The van der Waals surface area contributed by atoms with Gasteiger partial charge in [0.15, 0.2) is 0 Å². The van der Waals surface area contributed by atoms with Gasteiger partial charge in [-0.3, -0.25) is 0 Å². The monoisotopic (exact) mass is 308 g/mol. The Balaban J connectivity index is 2.42. The van der Waals surface area contributed by atoms with Crippen LogP contribution in [0.4, 0.5) is 21.5 Å². The second kappa shape index (κ2) is 4.98. The zero-order valence-corrected chi connectivity index (χ0v) is 11.8. The molecule has 0 fully saturated rings. The predicted octanol–water partition coefficient (Wildman–Crippen LogP) is 4.25. The van der Waals surface area contributed by atoms with Crippen molar-refractivity contribution in [3.05, 3.63) is 52.3 Å². The highest BCUT2D eigenvalue weighted by Crippen LogP contribution is 2.32. The second-order valence-corrected chi connectivity index (χ2v) is 5.07. The van der Waals surface area contributed by atoms with Crippen LogP contribution in [0.1, 0.15) is 5.56 Å². The summed E-state index contributed by atoms with van der Waals surface area (Å²) in [6.07, 6.45) is 0. The molecule has 0 amide bonds. The Hall–Kier alpha value is -1.55. The average molecular weight is 309 g/mol. The quantitative estimate of drug-likeness (QED) is 0.841. The van der Waals surface area contributed by atoms with Crippen LogP contribution in [0.25, 0.3) is 0 Å². The number of nitrogens with zero attached hydrogens (tertiary/aromatic N) is 1. The van der Waals surface area contributed by atoms with Crippen LogP contribution in [0.2, 0.25) is 0 Å². The summed E-state index contributed by atoms with van der Waals surface area (Å²) in [6.45, 7) is 2.03. The van der Waals surface area contributed by atoms with Crippen molar-refractivity contribution in [2.75, 3.05) is 17.7 Å². The van der Waals surface area contributed by atoms with Crippen LogP contribution in [0, 0.1) is 12.7 Å². The van der Waals surface area contributed by atoms with Gasteiger partial charge >= 0.3 is 0 Å². The highest BCUT2D eigenvalue weighted by Gasteiger charge is 2.11. The Labute approximate surface area is 114 Å². The summed E-state index contributed by atoms with van der Waals surface area (Å²) in [5, 5.41) is 0. The molecule has 0 heterocycles. The van der Waals surface area contributed by atoms with Crippen LogP contribution in [-0.2, 0) is 0 Å². The van der Waals surface area contributed by atoms with Gasteiger partial charge < -0.3 is 10.6 Å². The average Bonchev–Trinajstić information content (AvgIpc) is 2.34. The lowest BCUT2D eigenvalue weighted by molar-refractivity contribution is 0.621. The van der Waals surface area contributed by atoms with E-state index in [0.717, 1.165) is 5.69 Å². The number of rotatable bonds is 2. The number of anilines is 3. The van der Waals surface area contributed by atoms with E-state index in [1.165, 1.54) is 11.6 Å². The van der Waals surface area contributed by atoms with Gasteiger partial charge in [0.05, 0.1) is 15.8 Å². The van der Waals surface area contributed by atoms with Gasteiger partial charge in [0.1, 0.15) is 5.82 Å². The first kappa shape index (κ1) is 12.9. The SMILES string of the molecule is Cc1ccc(N(C)c2cc(F)c(Br)cc2N)cc1. The Morgan fingerprint density at radius 1 is 1.17 bits per heavy atom. The van der Waals surface area contributed by atoms with E-state index in [9.17, 15) is 4.39 Å². The van der Waals surface area contributed by atoms with Crippen molar-refractivity contribution < 1.29 is 4.39 Å². The highest BCUT2D eigenvalue weighted by molar-refractivity contribution is 9.10. The van der Waals surface area contributed by atoms with Crippen LogP contribution in [0.5, 0.6) is 0 Å². The first-order valence-electron chi connectivity index (χ1n) is 5.54. The zero-order chi connectivity index (χ0) is 13.3. The van der Waals surface area contributed by atoms with Crippen LogP contribution in [0.15, 0.2) is 40.9 Å². The fourth-order valence-corrected chi connectivity index (χ4v) is 2.11.